The van der Waals surface area contributed by atoms with Crippen molar-refractivity contribution in [1.29, 1.82) is 0 Å². The van der Waals surface area contributed by atoms with Gasteiger partial charge in [-0.2, -0.15) is 0 Å². The van der Waals surface area contributed by atoms with Gasteiger partial charge in [0.05, 0.1) is 0 Å². The number of sulfonamides is 1. The van der Waals surface area contributed by atoms with E-state index in [4.69, 9.17) is 5.11 Å². The fraction of sp³-hybridized carbons (Fsp3) is 0.444. The second-order valence-corrected chi connectivity index (χ2v) is 7.01. The lowest BCUT2D eigenvalue weighted by Crippen LogP contribution is -2.36. The third-order valence-corrected chi connectivity index (χ3v) is 4.58. The molecule has 0 aromatic carbocycles. The van der Waals surface area contributed by atoms with Gasteiger partial charge in [0.2, 0.25) is 10.0 Å². The van der Waals surface area contributed by atoms with Gasteiger partial charge in [0.1, 0.15) is 10.6 Å². The highest BCUT2D eigenvalue weighted by molar-refractivity contribution is 7.89. The molecule has 2 unspecified atom stereocenters. The van der Waals surface area contributed by atoms with E-state index >= 15 is 0 Å². The van der Waals surface area contributed by atoms with E-state index in [0.29, 0.717) is 0 Å². The Balaban J connectivity index is 2.85. The van der Waals surface area contributed by atoms with Crippen molar-refractivity contribution in [2.75, 3.05) is 12.0 Å². The minimum atomic E-state index is -3.80. The van der Waals surface area contributed by atoms with E-state index in [2.05, 4.69) is 9.71 Å². The molecule has 0 aliphatic rings. The van der Waals surface area contributed by atoms with Crippen LogP contribution in [0.3, 0.4) is 0 Å². The molecular weight excluding hydrogens is 280 g/mol. The topological polar surface area (TPSA) is 116 Å². The maximum Gasteiger partial charge on any atom is 0.352 e. The molecule has 0 aliphatic carbocycles. The molecule has 102 valence electrons. The van der Waals surface area contributed by atoms with Crippen LogP contribution in [-0.4, -0.2) is 46.7 Å². The van der Waals surface area contributed by atoms with Gasteiger partial charge in [-0.15, -0.1) is 0 Å². The van der Waals surface area contributed by atoms with Crippen molar-refractivity contribution in [2.24, 2.45) is 0 Å². The SMILES string of the molecule is CC(CS(C)=O)NS(=O)(=O)c1c[nH]c(C(=O)O)c1. The minimum Gasteiger partial charge on any atom is -0.477 e. The fourth-order valence-electron chi connectivity index (χ4n) is 1.37. The molecule has 3 N–H and O–H groups in total. The van der Waals surface area contributed by atoms with Crippen LogP contribution in [-0.2, 0) is 20.8 Å². The van der Waals surface area contributed by atoms with Crippen LogP contribution in [0.2, 0.25) is 0 Å². The molecule has 0 saturated carbocycles. The van der Waals surface area contributed by atoms with E-state index in [1.54, 1.807) is 6.92 Å². The summed E-state index contributed by atoms with van der Waals surface area (Å²) in [6.07, 6.45) is 2.57. The molecule has 0 radical (unpaired) electrons. The van der Waals surface area contributed by atoms with Gasteiger partial charge in [-0.3, -0.25) is 4.21 Å². The zero-order chi connectivity index (χ0) is 13.9. The smallest absolute Gasteiger partial charge is 0.352 e. The van der Waals surface area contributed by atoms with Crippen LogP contribution < -0.4 is 4.72 Å². The summed E-state index contributed by atoms with van der Waals surface area (Å²) >= 11 is 0. The summed E-state index contributed by atoms with van der Waals surface area (Å²) < 4.78 is 37.0. The first-order valence-corrected chi connectivity index (χ1v) is 8.17. The van der Waals surface area contributed by atoms with Gasteiger partial charge in [0.25, 0.3) is 0 Å². The molecule has 18 heavy (non-hydrogen) atoms. The lowest BCUT2D eigenvalue weighted by Gasteiger charge is -2.11. The minimum absolute atomic E-state index is 0.159. The fourth-order valence-corrected chi connectivity index (χ4v) is 3.50. The van der Waals surface area contributed by atoms with E-state index in [1.807, 2.05) is 0 Å². The maximum atomic E-state index is 11.8. The summed E-state index contributed by atoms with van der Waals surface area (Å²) in [6, 6.07) is 0.532. The number of carbonyl (C=O) groups is 1. The first kappa shape index (κ1) is 14.9. The maximum absolute atomic E-state index is 11.8. The predicted molar refractivity (Wildman–Crippen MR) is 66.5 cm³/mol. The van der Waals surface area contributed by atoms with E-state index in [-0.39, 0.29) is 16.3 Å². The Hall–Kier alpha value is -1.19. The van der Waals surface area contributed by atoms with E-state index in [9.17, 15) is 17.4 Å². The molecule has 0 fully saturated rings. The van der Waals surface area contributed by atoms with Crippen LogP contribution >= 0.6 is 0 Å². The quantitative estimate of drug-likeness (QED) is 0.669. The summed E-state index contributed by atoms with van der Waals surface area (Å²) in [5, 5.41) is 8.68. The molecule has 1 heterocycles. The van der Waals surface area contributed by atoms with Gasteiger partial charge in [0, 0.05) is 35.0 Å². The Morgan fingerprint density at radius 3 is 2.67 bits per heavy atom. The van der Waals surface area contributed by atoms with Crippen molar-refractivity contribution in [2.45, 2.75) is 17.9 Å². The molecule has 1 aromatic heterocycles. The summed E-state index contributed by atoms with van der Waals surface area (Å²) in [4.78, 5) is 12.8. The Morgan fingerprint density at radius 2 is 2.22 bits per heavy atom. The summed E-state index contributed by atoms with van der Waals surface area (Å²) in [7, 11) is -4.91. The van der Waals surface area contributed by atoms with Crippen LogP contribution in [0.4, 0.5) is 0 Å². The predicted octanol–water partition coefficient (Wildman–Crippen LogP) is -0.242. The van der Waals surface area contributed by atoms with Crippen LogP contribution in [0.5, 0.6) is 0 Å². The summed E-state index contributed by atoms with van der Waals surface area (Å²) in [5.41, 5.74) is -0.206. The molecule has 7 nitrogen and oxygen atoms in total. The number of hydrogen-bond donors (Lipinski definition) is 3. The number of H-pyrrole nitrogens is 1. The molecule has 0 amide bonds. The Kier molecular flexibility index (Phi) is 4.65. The van der Waals surface area contributed by atoms with Gasteiger partial charge >= 0.3 is 5.97 Å². The number of carboxylic acid groups (broad SMARTS) is 1. The van der Waals surface area contributed by atoms with Crippen molar-refractivity contribution in [3.05, 3.63) is 18.0 Å². The van der Waals surface area contributed by atoms with Crippen LogP contribution in [0, 0.1) is 0 Å². The number of carboxylic acids is 1. The zero-order valence-corrected chi connectivity index (χ0v) is 11.5. The van der Waals surface area contributed by atoms with E-state index in [0.717, 1.165) is 12.3 Å². The molecule has 9 heteroatoms. The molecule has 1 rings (SSSR count). The zero-order valence-electron chi connectivity index (χ0n) is 9.84. The normalized spacial score (nSPS) is 15.2. The van der Waals surface area contributed by atoms with Gasteiger partial charge in [-0.25, -0.2) is 17.9 Å². The highest BCUT2D eigenvalue weighted by Crippen LogP contribution is 2.11. The number of aromatic carboxylic acids is 1. The van der Waals surface area contributed by atoms with Crippen LogP contribution in [0.25, 0.3) is 0 Å². The molecule has 2 atom stereocenters. The number of aromatic amines is 1. The molecular formula is C9H14N2O5S2. The molecule has 0 bridgehead atoms. The molecule has 0 saturated heterocycles. The van der Waals surface area contributed by atoms with Crippen molar-refractivity contribution >= 4 is 26.8 Å². The summed E-state index contributed by atoms with van der Waals surface area (Å²) in [6.45, 7) is 1.59. The lowest BCUT2D eigenvalue weighted by atomic mass is 10.4. The van der Waals surface area contributed by atoms with Crippen molar-refractivity contribution < 1.29 is 22.5 Å². The average molecular weight is 294 g/mol. The standard InChI is InChI=1S/C9H14N2O5S2/c1-6(5-17(2)14)11-18(15,16)7-3-8(9(12)13)10-4-7/h3-4,6,10-11H,5H2,1-2H3,(H,12,13). The number of rotatable bonds is 6. The highest BCUT2D eigenvalue weighted by Gasteiger charge is 2.20. The van der Waals surface area contributed by atoms with Crippen molar-refractivity contribution in [3.63, 3.8) is 0 Å². The third-order valence-electron chi connectivity index (χ3n) is 2.04. The first-order valence-electron chi connectivity index (χ1n) is 4.96. The Labute approximate surface area is 107 Å². The molecule has 0 spiro atoms. The Bertz CT molecular complexity index is 563. The van der Waals surface area contributed by atoms with Gasteiger partial charge in [-0.1, -0.05) is 0 Å². The number of hydrogen-bond acceptors (Lipinski definition) is 4. The number of nitrogens with one attached hydrogen (secondary N) is 2. The lowest BCUT2D eigenvalue weighted by molar-refractivity contribution is 0.0691. The van der Waals surface area contributed by atoms with Gasteiger partial charge < -0.3 is 10.1 Å². The van der Waals surface area contributed by atoms with Crippen LogP contribution in [0.15, 0.2) is 17.2 Å². The van der Waals surface area contributed by atoms with E-state index in [1.165, 1.54) is 6.26 Å². The monoisotopic (exact) mass is 294 g/mol. The average Bonchev–Trinajstić information content (AvgIpc) is 2.63. The third kappa shape index (κ3) is 3.93. The van der Waals surface area contributed by atoms with Gasteiger partial charge in [0.15, 0.2) is 0 Å². The van der Waals surface area contributed by atoms with Crippen LogP contribution in [0.1, 0.15) is 17.4 Å². The largest absolute Gasteiger partial charge is 0.477 e. The highest BCUT2D eigenvalue weighted by atomic mass is 32.2. The molecule has 1 aromatic rings. The summed E-state index contributed by atoms with van der Waals surface area (Å²) in [5.74, 6) is -1.05. The Morgan fingerprint density at radius 1 is 1.61 bits per heavy atom. The number of aromatic nitrogens is 1. The first-order chi connectivity index (χ1) is 8.22. The van der Waals surface area contributed by atoms with Crippen molar-refractivity contribution in [3.8, 4) is 0 Å². The van der Waals surface area contributed by atoms with E-state index < -0.39 is 32.8 Å². The molecule has 0 aliphatic heterocycles. The second-order valence-electron chi connectivity index (χ2n) is 3.82. The van der Waals surface area contributed by atoms with Crippen molar-refractivity contribution in [1.82, 2.24) is 9.71 Å². The van der Waals surface area contributed by atoms with Gasteiger partial charge in [-0.05, 0) is 13.0 Å². The second kappa shape index (κ2) is 5.63.